The van der Waals surface area contributed by atoms with E-state index >= 15 is 0 Å². The molecule has 0 aliphatic heterocycles. The second kappa shape index (κ2) is 4.69. The van der Waals surface area contributed by atoms with Crippen molar-refractivity contribution in [3.05, 3.63) is 12.4 Å². The molecule has 1 unspecified atom stereocenters. The van der Waals surface area contributed by atoms with E-state index < -0.39 is 0 Å². The smallest absolute Gasteiger partial charge is 0.202 e. The molecule has 0 radical (unpaired) electrons. The van der Waals surface area contributed by atoms with Crippen LogP contribution in [0.15, 0.2) is 12.4 Å². The summed E-state index contributed by atoms with van der Waals surface area (Å²) in [5, 5.41) is 3.51. The Morgan fingerprint density at radius 3 is 2.73 bits per heavy atom. The van der Waals surface area contributed by atoms with Gasteiger partial charge in [-0.3, -0.25) is 0 Å². The molecular formula is C12H21N3. The van der Waals surface area contributed by atoms with E-state index in [4.69, 9.17) is 0 Å². The van der Waals surface area contributed by atoms with Gasteiger partial charge in [0.2, 0.25) is 5.95 Å². The van der Waals surface area contributed by atoms with Crippen LogP contribution in [0.5, 0.6) is 0 Å². The number of aromatic nitrogens is 2. The Balaban J connectivity index is 1.91. The van der Waals surface area contributed by atoms with E-state index in [-0.39, 0.29) is 0 Å². The molecule has 1 N–H and O–H groups in total. The number of imidazole rings is 1. The second-order valence-corrected chi connectivity index (χ2v) is 4.69. The molecule has 0 bridgehead atoms. The first-order valence-electron chi connectivity index (χ1n) is 6.01. The fourth-order valence-electron chi connectivity index (χ4n) is 2.46. The van der Waals surface area contributed by atoms with Gasteiger partial charge in [-0.05, 0) is 25.7 Å². The van der Waals surface area contributed by atoms with E-state index in [1.165, 1.54) is 32.1 Å². The SMILES string of the molecule is CC(Nc1nccn1C)C1CCCCC1. The molecule has 1 atom stereocenters. The van der Waals surface area contributed by atoms with Gasteiger partial charge in [-0.2, -0.15) is 0 Å². The Bertz CT molecular complexity index is 300. The zero-order valence-corrected chi connectivity index (χ0v) is 9.74. The van der Waals surface area contributed by atoms with Crippen molar-refractivity contribution in [3.8, 4) is 0 Å². The third-order valence-corrected chi connectivity index (χ3v) is 3.53. The number of nitrogens with one attached hydrogen (secondary N) is 1. The summed E-state index contributed by atoms with van der Waals surface area (Å²) in [6, 6.07) is 0.548. The lowest BCUT2D eigenvalue weighted by molar-refractivity contribution is 0.327. The fraction of sp³-hybridized carbons (Fsp3) is 0.750. The third-order valence-electron chi connectivity index (χ3n) is 3.53. The van der Waals surface area contributed by atoms with Crippen LogP contribution in [-0.2, 0) is 7.05 Å². The van der Waals surface area contributed by atoms with Crippen molar-refractivity contribution in [1.29, 1.82) is 0 Å². The molecule has 1 aliphatic carbocycles. The highest BCUT2D eigenvalue weighted by molar-refractivity contribution is 5.27. The highest BCUT2D eigenvalue weighted by atomic mass is 15.2. The number of aryl methyl sites for hydroxylation is 1. The van der Waals surface area contributed by atoms with Crippen LogP contribution < -0.4 is 5.32 Å². The maximum atomic E-state index is 4.30. The molecule has 15 heavy (non-hydrogen) atoms. The van der Waals surface area contributed by atoms with Crippen molar-refractivity contribution in [1.82, 2.24) is 9.55 Å². The molecule has 1 fully saturated rings. The van der Waals surface area contributed by atoms with Gasteiger partial charge in [-0.25, -0.2) is 4.98 Å². The lowest BCUT2D eigenvalue weighted by Gasteiger charge is -2.28. The molecule has 1 aromatic rings. The van der Waals surface area contributed by atoms with Gasteiger partial charge in [0.05, 0.1) is 0 Å². The van der Waals surface area contributed by atoms with Gasteiger partial charge in [0, 0.05) is 25.5 Å². The van der Waals surface area contributed by atoms with Gasteiger partial charge in [0.1, 0.15) is 0 Å². The van der Waals surface area contributed by atoms with E-state index in [1.807, 2.05) is 24.0 Å². The first-order chi connectivity index (χ1) is 7.27. The molecule has 1 aromatic heterocycles. The summed E-state index contributed by atoms with van der Waals surface area (Å²) in [7, 11) is 2.03. The molecular weight excluding hydrogens is 186 g/mol. The van der Waals surface area contributed by atoms with Gasteiger partial charge < -0.3 is 9.88 Å². The van der Waals surface area contributed by atoms with Gasteiger partial charge >= 0.3 is 0 Å². The fourth-order valence-corrected chi connectivity index (χ4v) is 2.46. The largest absolute Gasteiger partial charge is 0.353 e. The Kier molecular flexibility index (Phi) is 3.29. The average Bonchev–Trinajstić information content (AvgIpc) is 2.66. The van der Waals surface area contributed by atoms with Crippen molar-refractivity contribution in [2.45, 2.75) is 45.1 Å². The highest BCUT2D eigenvalue weighted by Crippen LogP contribution is 2.27. The number of anilines is 1. The second-order valence-electron chi connectivity index (χ2n) is 4.69. The predicted octanol–water partition coefficient (Wildman–Crippen LogP) is 2.80. The molecule has 0 aromatic carbocycles. The summed E-state index contributed by atoms with van der Waals surface area (Å²) in [4.78, 5) is 4.30. The summed E-state index contributed by atoms with van der Waals surface area (Å²) in [6.07, 6.45) is 10.8. The van der Waals surface area contributed by atoms with Gasteiger partial charge in [0.25, 0.3) is 0 Å². The van der Waals surface area contributed by atoms with Crippen molar-refractivity contribution in [3.63, 3.8) is 0 Å². The van der Waals surface area contributed by atoms with Crippen LogP contribution in [0.1, 0.15) is 39.0 Å². The maximum Gasteiger partial charge on any atom is 0.202 e. The zero-order chi connectivity index (χ0) is 10.7. The van der Waals surface area contributed by atoms with Crippen LogP contribution in [0.25, 0.3) is 0 Å². The Labute approximate surface area is 91.9 Å². The van der Waals surface area contributed by atoms with E-state index in [0.717, 1.165) is 11.9 Å². The van der Waals surface area contributed by atoms with E-state index in [1.54, 1.807) is 0 Å². The van der Waals surface area contributed by atoms with Gasteiger partial charge in [-0.1, -0.05) is 19.3 Å². The standard InChI is InChI=1S/C12H21N3/c1-10(11-6-4-3-5-7-11)14-12-13-8-9-15(12)2/h8-11H,3-7H2,1-2H3,(H,13,14). The quantitative estimate of drug-likeness (QED) is 0.826. The topological polar surface area (TPSA) is 29.9 Å². The van der Waals surface area contributed by atoms with Crippen LogP contribution in [0.4, 0.5) is 5.95 Å². The molecule has 0 amide bonds. The molecule has 0 spiro atoms. The van der Waals surface area contributed by atoms with Gasteiger partial charge in [0.15, 0.2) is 0 Å². The first-order valence-corrected chi connectivity index (χ1v) is 6.01. The molecule has 1 saturated carbocycles. The minimum Gasteiger partial charge on any atom is -0.353 e. The monoisotopic (exact) mass is 207 g/mol. The van der Waals surface area contributed by atoms with Crippen LogP contribution >= 0.6 is 0 Å². The molecule has 84 valence electrons. The highest BCUT2D eigenvalue weighted by Gasteiger charge is 2.20. The predicted molar refractivity (Wildman–Crippen MR) is 62.9 cm³/mol. The zero-order valence-electron chi connectivity index (χ0n) is 9.74. The van der Waals surface area contributed by atoms with E-state index in [2.05, 4.69) is 17.2 Å². The maximum absolute atomic E-state index is 4.30. The van der Waals surface area contributed by atoms with Crippen molar-refractivity contribution >= 4 is 5.95 Å². The average molecular weight is 207 g/mol. The summed E-state index contributed by atoms with van der Waals surface area (Å²) < 4.78 is 2.04. The van der Waals surface area contributed by atoms with Crippen LogP contribution in [0.3, 0.4) is 0 Å². The summed E-state index contributed by atoms with van der Waals surface area (Å²) in [5.41, 5.74) is 0. The van der Waals surface area contributed by atoms with Crippen molar-refractivity contribution < 1.29 is 0 Å². The number of hydrogen-bond donors (Lipinski definition) is 1. The molecule has 1 aliphatic rings. The molecule has 0 saturated heterocycles. The minimum atomic E-state index is 0.548. The lowest BCUT2D eigenvalue weighted by atomic mass is 9.85. The van der Waals surface area contributed by atoms with Crippen LogP contribution in [0.2, 0.25) is 0 Å². The number of nitrogens with zero attached hydrogens (tertiary/aromatic N) is 2. The normalized spacial score (nSPS) is 20.1. The Morgan fingerprint density at radius 2 is 2.13 bits per heavy atom. The molecule has 3 nitrogen and oxygen atoms in total. The lowest BCUT2D eigenvalue weighted by Crippen LogP contribution is -2.28. The molecule has 1 heterocycles. The van der Waals surface area contributed by atoms with Crippen molar-refractivity contribution in [2.24, 2.45) is 13.0 Å². The van der Waals surface area contributed by atoms with E-state index in [0.29, 0.717) is 6.04 Å². The van der Waals surface area contributed by atoms with Crippen LogP contribution in [-0.4, -0.2) is 15.6 Å². The first kappa shape index (κ1) is 10.5. The van der Waals surface area contributed by atoms with Crippen molar-refractivity contribution in [2.75, 3.05) is 5.32 Å². The summed E-state index contributed by atoms with van der Waals surface area (Å²) in [6.45, 7) is 2.28. The Morgan fingerprint density at radius 1 is 1.40 bits per heavy atom. The summed E-state index contributed by atoms with van der Waals surface area (Å²) >= 11 is 0. The van der Waals surface area contributed by atoms with Gasteiger partial charge in [-0.15, -0.1) is 0 Å². The number of hydrogen-bond acceptors (Lipinski definition) is 2. The molecule has 3 heteroatoms. The summed E-state index contributed by atoms with van der Waals surface area (Å²) in [5.74, 6) is 1.82. The minimum absolute atomic E-state index is 0.548. The van der Waals surface area contributed by atoms with E-state index in [9.17, 15) is 0 Å². The number of rotatable bonds is 3. The third kappa shape index (κ3) is 2.52. The molecule has 2 rings (SSSR count). The Hall–Kier alpha value is -0.990. The van der Waals surface area contributed by atoms with Crippen LogP contribution in [0, 0.1) is 5.92 Å².